The van der Waals surface area contributed by atoms with E-state index >= 15 is 0 Å². The lowest BCUT2D eigenvalue weighted by Crippen LogP contribution is -2.17. The van der Waals surface area contributed by atoms with E-state index in [4.69, 9.17) is 0 Å². The van der Waals surface area contributed by atoms with Gasteiger partial charge in [0.05, 0.1) is 6.20 Å². The van der Waals surface area contributed by atoms with Crippen LogP contribution in [-0.2, 0) is 7.05 Å². The Balaban J connectivity index is 2.04. The molecule has 2 rings (SSSR count). The SMILES string of the molecule is Cn1c(Br)cnc1NC1CCCC1. The first-order valence-electron chi connectivity index (χ1n) is 4.71. The monoisotopic (exact) mass is 243 g/mol. The van der Waals surface area contributed by atoms with E-state index in [0.29, 0.717) is 6.04 Å². The van der Waals surface area contributed by atoms with Gasteiger partial charge >= 0.3 is 0 Å². The topological polar surface area (TPSA) is 29.9 Å². The Morgan fingerprint density at radius 3 is 2.77 bits per heavy atom. The van der Waals surface area contributed by atoms with Crippen LogP contribution in [0.15, 0.2) is 10.8 Å². The van der Waals surface area contributed by atoms with E-state index in [-0.39, 0.29) is 0 Å². The molecule has 0 radical (unpaired) electrons. The summed E-state index contributed by atoms with van der Waals surface area (Å²) in [5, 5.41) is 3.45. The summed E-state index contributed by atoms with van der Waals surface area (Å²) < 4.78 is 3.05. The molecule has 0 aliphatic heterocycles. The highest BCUT2D eigenvalue weighted by Crippen LogP contribution is 2.22. The van der Waals surface area contributed by atoms with Crippen LogP contribution >= 0.6 is 15.9 Å². The smallest absolute Gasteiger partial charge is 0.203 e. The van der Waals surface area contributed by atoms with Crippen LogP contribution in [0.4, 0.5) is 5.95 Å². The highest BCUT2D eigenvalue weighted by atomic mass is 79.9. The third-order valence-electron chi connectivity index (χ3n) is 2.62. The van der Waals surface area contributed by atoms with Gasteiger partial charge in [0.25, 0.3) is 0 Å². The zero-order valence-corrected chi connectivity index (χ0v) is 9.34. The summed E-state index contributed by atoms with van der Waals surface area (Å²) in [7, 11) is 2.01. The lowest BCUT2D eigenvalue weighted by atomic mass is 10.3. The molecule has 0 amide bonds. The summed E-state index contributed by atoms with van der Waals surface area (Å²) in [6, 6.07) is 0.632. The Morgan fingerprint density at radius 2 is 2.23 bits per heavy atom. The van der Waals surface area contributed by atoms with E-state index in [1.54, 1.807) is 0 Å². The molecule has 1 saturated carbocycles. The average molecular weight is 244 g/mol. The van der Waals surface area contributed by atoms with Gasteiger partial charge in [-0.1, -0.05) is 12.8 Å². The van der Waals surface area contributed by atoms with Gasteiger partial charge in [0.15, 0.2) is 0 Å². The fourth-order valence-corrected chi connectivity index (χ4v) is 2.05. The van der Waals surface area contributed by atoms with Crippen LogP contribution in [0.2, 0.25) is 0 Å². The van der Waals surface area contributed by atoms with Gasteiger partial charge in [0, 0.05) is 13.1 Å². The summed E-state index contributed by atoms with van der Waals surface area (Å²) in [6.45, 7) is 0. The third kappa shape index (κ3) is 1.88. The maximum atomic E-state index is 4.28. The second kappa shape index (κ2) is 3.70. The van der Waals surface area contributed by atoms with Crippen LogP contribution in [0.25, 0.3) is 0 Å². The minimum absolute atomic E-state index is 0.632. The van der Waals surface area contributed by atoms with E-state index in [0.717, 1.165) is 10.6 Å². The van der Waals surface area contributed by atoms with Crippen molar-refractivity contribution in [1.82, 2.24) is 9.55 Å². The van der Waals surface area contributed by atoms with Crippen LogP contribution in [0, 0.1) is 0 Å². The lowest BCUT2D eigenvalue weighted by molar-refractivity contribution is 0.730. The van der Waals surface area contributed by atoms with Crippen molar-refractivity contribution in [2.24, 2.45) is 7.05 Å². The molecule has 0 saturated heterocycles. The van der Waals surface area contributed by atoms with Crippen molar-refractivity contribution in [3.63, 3.8) is 0 Å². The van der Waals surface area contributed by atoms with Gasteiger partial charge in [-0.05, 0) is 28.8 Å². The summed E-state index contributed by atoms with van der Waals surface area (Å²) in [5.74, 6) is 0.971. The maximum absolute atomic E-state index is 4.28. The normalized spacial score (nSPS) is 18.0. The van der Waals surface area contributed by atoms with Crippen molar-refractivity contribution < 1.29 is 0 Å². The van der Waals surface area contributed by atoms with Crippen LogP contribution in [0.1, 0.15) is 25.7 Å². The van der Waals surface area contributed by atoms with Crippen molar-refractivity contribution in [2.45, 2.75) is 31.7 Å². The highest BCUT2D eigenvalue weighted by Gasteiger charge is 2.16. The molecule has 72 valence electrons. The lowest BCUT2D eigenvalue weighted by Gasteiger charge is -2.12. The predicted octanol–water partition coefficient (Wildman–Crippen LogP) is 2.54. The van der Waals surface area contributed by atoms with Crippen molar-refractivity contribution in [3.05, 3.63) is 10.8 Å². The number of anilines is 1. The van der Waals surface area contributed by atoms with Crippen LogP contribution in [-0.4, -0.2) is 15.6 Å². The number of imidazole rings is 1. The third-order valence-corrected chi connectivity index (χ3v) is 3.36. The zero-order chi connectivity index (χ0) is 9.26. The second-order valence-corrected chi connectivity index (χ2v) is 4.40. The number of aromatic nitrogens is 2. The number of rotatable bonds is 2. The molecule has 1 aromatic heterocycles. The van der Waals surface area contributed by atoms with Crippen molar-refractivity contribution >= 4 is 21.9 Å². The zero-order valence-electron chi connectivity index (χ0n) is 7.76. The molecule has 0 bridgehead atoms. The molecule has 3 nitrogen and oxygen atoms in total. The van der Waals surface area contributed by atoms with Crippen LogP contribution in [0.3, 0.4) is 0 Å². The van der Waals surface area contributed by atoms with Crippen LogP contribution in [0.5, 0.6) is 0 Å². The summed E-state index contributed by atoms with van der Waals surface area (Å²) in [5.41, 5.74) is 0. The number of hydrogen-bond acceptors (Lipinski definition) is 2. The fourth-order valence-electron chi connectivity index (χ4n) is 1.78. The Labute approximate surface area is 86.7 Å². The number of hydrogen-bond donors (Lipinski definition) is 1. The maximum Gasteiger partial charge on any atom is 0.203 e. The van der Waals surface area contributed by atoms with Gasteiger partial charge in [-0.2, -0.15) is 0 Å². The molecule has 1 aliphatic carbocycles. The number of halogens is 1. The molecule has 1 aromatic rings. The van der Waals surface area contributed by atoms with Crippen molar-refractivity contribution in [3.8, 4) is 0 Å². The first kappa shape index (κ1) is 9.06. The largest absolute Gasteiger partial charge is 0.353 e. The van der Waals surface area contributed by atoms with Gasteiger partial charge in [-0.15, -0.1) is 0 Å². The molecular weight excluding hydrogens is 230 g/mol. The summed E-state index contributed by atoms with van der Waals surface area (Å²) in [4.78, 5) is 4.28. The molecular formula is C9H14BrN3. The molecule has 1 N–H and O–H groups in total. The van der Waals surface area contributed by atoms with Gasteiger partial charge in [0.1, 0.15) is 4.60 Å². The van der Waals surface area contributed by atoms with Crippen molar-refractivity contribution in [2.75, 3.05) is 5.32 Å². The minimum Gasteiger partial charge on any atom is -0.353 e. The molecule has 0 atom stereocenters. The van der Waals surface area contributed by atoms with Gasteiger partial charge < -0.3 is 9.88 Å². The van der Waals surface area contributed by atoms with E-state index in [1.165, 1.54) is 25.7 Å². The second-order valence-electron chi connectivity index (χ2n) is 3.59. The molecule has 0 unspecified atom stereocenters. The number of nitrogens with zero attached hydrogens (tertiary/aromatic N) is 2. The van der Waals surface area contributed by atoms with E-state index < -0.39 is 0 Å². The molecule has 1 heterocycles. The van der Waals surface area contributed by atoms with E-state index in [2.05, 4.69) is 26.2 Å². The summed E-state index contributed by atoms with van der Waals surface area (Å²) >= 11 is 3.43. The first-order valence-corrected chi connectivity index (χ1v) is 5.50. The number of nitrogens with one attached hydrogen (secondary N) is 1. The predicted molar refractivity (Wildman–Crippen MR) is 56.8 cm³/mol. The van der Waals surface area contributed by atoms with Crippen LogP contribution < -0.4 is 5.32 Å². The summed E-state index contributed by atoms with van der Waals surface area (Å²) in [6.07, 6.45) is 7.10. The molecule has 1 fully saturated rings. The highest BCUT2D eigenvalue weighted by molar-refractivity contribution is 9.10. The Bertz CT molecular complexity index is 289. The standard InChI is InChI=1S/C9H14BrN3/c1-13-8(10)6-11-9(13)12-7-4-2-3-5-7/h6-7H,2-5H2,1H3,(H,11,12). The Hall–Kier alpha value is -0.510. The van der Waals surface area contributed by atoms with Gasteiger partial charge in [-0.3, -0.25) is 0 Å². The fraction of sp³-hybridized carbons (Fsp3) is 0.667. The Morgan fingerprint density at radius 1 is 1.54 bits per heavy atom. The van der Waals surface area contributed by atoms with Crippen molar-refractivity contribution in [1.29, 1.82) is 0 Å². The average Bonchev–Trinajstić information content (AvgIpc) is 2.71. The molecule has 0 aromatic carbocycles. The van der Waals surface area contributed by atoms with Gasteiger partial charge in [0.2, 0.25) is 5.95 Å². The minimum atomic E-state index is 0.632. The van der Waals surface area contributed by atoms with E-state index in [9.17, 15) is 0 Å². The molecule has 1 aliphatic rings. The molecule has 0 spiro atoms. The van der Waals surface area contributed by atoms with E-state index in [1.807, 2.05) is 17.8 Å². The molecule has 13 heavy (non-hydrogen) atoms. The Kier molecular flexibility index (Phi) is 2.58. The first-order chi connectivity index (χ1) is 6.27. The molecule has 4 heteroatoms. The quantitative estimate of drug-likeness (QED) is 0.866. The van der Waals surface area contributed by atoms with Gasteiger partial charge in [-0.25, -0.2) is 4.98 Å².